The lowest BCUT2D eigenvalue weighted by atomic mass is 9.88. The SMILES string of the molecule is CC.CCc1ccc2c(c1)c1c3c4cc(-n5c6c(c7c5CCC=C7)C(C)CC=C6)ccc4n(-c4ccccc4)c3ccc1n2-c1ccc2oc3ccccc3c2c1.Cc1ccccc1-c1ccccc1C. The second-order valence-corrected chi connectivity index (χ2v) is 19.2. The average Bonchev–Trinajstić information content (AvgIpc) is 4.16. The van der Waals surface area contributed by atoms with Crippen LogP contribution in [0, 0.1) is 13.8 Å². The Labute approximate surface area is 416 Å². The van der Waals surface area contributed by atoms with Crippen molar-refractivity contribution < 1.29 is 4.42 Å². The number of hydrogen-bond acceptors (Lipinski definition) is 1. The smallest absolute Gasteiger partial charge is 0.135 e. The number of fused-ring (bicyclic) bond motifs is 13. The van der Waals surface area contributed by atoms with Crippen LogP contribution < -0.4 is 0 Å². The fraction of sp³-hybridized carbons (Fsp3) is 0.164. The summed E-state index contributed by atoms with van der Waals surface area (Å²) >= 11 is 0. The predicted octanol–water partition coefficient (Wildman–Crippen LogP) is 18.6. The van der Waals surface area contributed by atoms with E-state index < -0.39 is 0 Å². The van der Waals surface area contributed by atoms with Crippen LogP contribution in [0.2, 0.25) is 0 Å². The van der Waals surface area contributed by atoms with Crippen LogP contribution in [0.1, 0.15) is 85.7 Å². The molecule has 0 radical (unpaired) electrons. The van der Waals surface area contributed by atoms with E-state index >= 15 is 0 Å². The molecule has 71 heavy (non-hydrogen) atoms. The van der Waals surface area contributed by atoms with Gasteiger partial charge in [0.25, 0.3) is 0 Å². The molecule has 0 amide bonds. The van der Waals surface area contributed by atoms with Gasteiger partial charge in [0.15, 0.2) is 0 Å². The van der Waals surface area contributed by atoms with Gasteiger partial charge in [-0.3, -0.25) is 0 Å². The van der Waals surface area contributed by atoms with Gasteiger partial charge < -0.3 is 18.1 Å². The Balaban J connectivity index is 0.000000278. The van der Waals surface area contributed by atoms with Crippen LogP contribution in [0.25, 0.3) is 106 Å². The third-order valence-electron chi connectivity index (χ3n) is 15.1. The van der Waals surface area contributed by atoms with Gasteiger partial charge in [0.1, 0.15) is 11.2 Å². The summed E-state index contributed by atoms with van der Waals surface area (Å²) in [5.74, 6) is 0.499. The lowest BCUT2D eigenvalue weighted by Crippen LogP contribution is -2.05. The summed E-state index contributed by atoms with van der Waals surface area (Å²) in [5.41, 5.74) is 22.6. The quantitative estimate of drug-likeness (QED) is 0.169. The molecule has 1 atom stereocenters. The van der Waals surface area contributed by atoms with E-state index in [1.807, 2.05) is 19.9 Å². The molecule has 1 unspecified atom stereocenters. The third-order valence-corrected chi connectivity index (χ3v) is 15.1. The fourth-order valence-electron chi connectivity index (χ4n) is 11.8. The Kier molecular flexibility index (Phi) is 11.2. The van der Waals surface area contributed by atoms with Crippen molar-refractivity contribution in [1.29, 1.82) is 0 Å². The normalized spacial score (nSPS) is 14.0. The van der Waals surface area contributed by atoms with Crippen molar-refractivity contribution in [2.24, 2.45) is 0 Å². The van der Waals surface area contributed by atoms with Crippen molar-refractivity contribution in [1.82, 2.24) is 13.7 Å². The minimum atomic E-state index is 0.499. The van der Waals surface area contributed by atoms with Crippen LogP contribution in [0.5, 0.6) is 0 Å². The molecule has 8 aromatic carbocycles. The number of benzene rings is 8. The highest BCUT2D eigenvalue weighted by Gasteiger charge is 2.28. The number of hydrogen-bond donors (Lipinski definition) is 0. The zero-order valence-corrected chi connectivity index (χ0v) is 41.6. The Morgan fingerprint density at radius 3 is 1.80 bits per heavy atom. The Morgan fingerprint density at radius 2 is 1.08 bits per heavy atom. The van der Waals surface area contributed by atoms with Gasteiger partial charge in [-0.15, -0.1) is 0 Å². The maximum Gasteiger partial charge on any atom is 0.135 e. The van der Waals surface area contributed by atoms with Gasteiger partial charge in [-0.1, -0.05) is 137 Å². The minimum Gasteiger partial charge on any atom is -0.456 e. The summed E-state index contributed by atoms with van der Waals surface area (Å²) in [4.78, 5) is 0. The van der Waals surface area contributed by atoms with Gasteiger partial charge >= 0.3 is 0 Å². The Bertz CT molecular complexity index is 4030. The lowest BCUT2D eigenvalue weighted by Gasteiger charge is -2.17. The van der Waals surface area contributed by atoms with Gasteiger partial charge in [-0.05, 0) is 169 Å². The molecular weight excluding hydrogens is 863 g/mol. The van der Waals surface area contributed by atoms with Crippen LogP contribution in [0.4, 0.5) is 0 Å². The monoisotopic (exact) mass is 921 g/mol. The lowest BCUT2D eigenvalue weighted by molar-refractivity contribution is 0.669. The van der Waals surface area contributed by atoms with E-state index in [1.165, 1.54) is 105 Å². The first-order valence-corrected chi connectivity index (χ1v) is 25.7. The molecule has 14 rings (SSSR count). The van der Waals surface area contributed by atoms with E-state index in [4.69, 9.17) is 4.42 Å². The summed E-state index contributed by atoms with van der Waals surface area (Å²) in [6, 6.07) is 61.9. The molecule has 4 nitrogen and oxygen atoms in total. The van der Waals surface area contributed by atoms with E-state index in [9.17, 15) is 0 Å². The zero-order chi connectivity index (χ0) is 48.3. The summed E-state index contributed by atoms with van der Waals surface area (Å²) in [7, 11) is 0. The summed E-state index contributed by atoms with van der Waals surface area (Å²) in [6.45, 7) is 12.9. The van der Waals surface area contributed by atoms with Crippen LogP contribution >= 0.6 is 0 Å². The van der Waals surface area contributed by atoms with Crippen molar-refractivity contribution in [2.45, 2.75) is 73.1 Å². The van der Waals surface area contributed by atoms with E-state index in [1.54, 1.807) is 0 Å². The van der Waals surface area contributed by atoms with E-state index in [0.717, 1.165) is 53.3 Å². The number of allylic oxidation sites excluding steroid dienone is 2. The molecule has 348 valence electrons. The highest BCUT2D eigenvalue weighted by molar-refractivity contribution is 6.29. The third kappa shape index (κ3) is 7.18. The van der Waals surface area contributed by atoms with E-state index in [0.29, 0.717) is 5.92 Å². The Morgan fingerprint density at radius 1 is 0.507 bits per heavy atom. The predicted molar refractivity (Wildman–Crippen MR) is 303 cm³/mol. The number of para-hydroxylation sites is 2. The van der Waals surface area contributed by atoms with Crippen molar-refractivity contribution in [3.8, 4) is 28.2 Å². The van der Waals surface area contributed by atoms with Gasteiger partial charge in [-0.2, -0.15) is 0 Å². The molecular formula is C67H59N3O. The standard InChI is InChI=1S/C51H39N3O.C14H14.C2H6/c1-3-32-20-23-42-39(28-32)50-46(54(42)35-22-27-48-38(29-35)36-15-8-10-19-47(36)55-48)26-25-45-51(50)40-30-34(21-24-43(40)52(45)33-13-5-4-6-14-33)53-41-17-9-7-16-37(41)49-31(2)12-11-18-44(49)53;1-11-7-3-5-9-13(11)14-10-6-4-8-12(14)2;1-2/h4-8,10-11,13-16,18-31H,3,9,12,17H2,1-2H3;3-10H,1-2H3;1-2H3. The molecule has 4 heteroatoms. The fourth-order valence-corrected chi connectivity index (χ4v) is 11.8. The molecule has 0 bridgehead atoms. The maximum absolute atomic E-state index is 6.28. The molecule has 2 aliphatic carbocycles. The average molecular weight is 922 g/mol. The maximum atomic E-state index is 6.28. The van der Waals surface area contributed by atoms with Gasteiger partial charge in [-0.25, -0.2) is 0 Å². The van der Waals surface area contributed by atoms with Gasteiger partial charge in [0.05, 0.1) is 22.1 Å². The first-order valence-electron chi connectivity index (χ1n) is 25.7. The molecule has 0 fully saturated rings. The summed E-state index contributed by atoms with van der Waals surface area (Å²) < 4.78 is 13.8. The highest BCUT2D eigenvalue weighted by atomic mass is 16.3. The molecule has 12 aromatic rings. The minimum absolute atomic E-state index is 0.499. The summed E-state index contributed by atoms with van der Waals surface area (Å²) in [5, 5.41) is 7.43. The number of aromatic nitrogens is 3. The molecule has 0 N–H and O–H groups in total. The number of nitrogens with zero attached hydrogens (tertiary/aromatic N) is 3. The first kappa shape index (κ1) is 44.1. The molecule has 4 heterocycles. The number of furan rings is 1. The molecule has 0 aliphatic heterocycles. The van der Waals surface area contributed by atoms with Crippen molar-refractivity contribution in [2.75, 3.05) is 0 Å². The molecule has 2 aliphatic rings. The highest BCUT2D eigenvalue weighted by Crippen LogP contribution is 2.46. The Hall–Kier alpha value is -8.08. The van der Waals surface area contributed by atoms with Crippen LogP contribution in [-0.2, 0) is 12.8 Å². The van der Waals surface area contributed by atoms with Gasteiger partial charge in [0.2, 0.25) is 0 Å². The molecule has 0 spiro atoms. The second-order valence-electron chi connectivity index (χ2n) is 19.2. The topological polar surface area (TPSA) is 27.9 Å². The van der Waals surface area contributed by atoms with Crippen molar-refractivity contribution >= 4 is 77.7 Å². The van der Waals surface area contributed by atoms with E-state index in [2.05, 4.69) is 229 Å². The van der Waals surface area contributed by atoms with Crippen LogP contribution in [0.3, 0.4) is 0 Å². The van der Waals surface area contributed by atoms with E-state index in [-0.39, 0.29) is 0 Å². The number of aryl methyl sites for hydroxylation is 3. The number of rotatable bonds is 5. The first-order chi connectivity index (χ1) is 34.9. The van der Waals surface area contributed by atoms with Crippen LogP contribution in [0.15, 0.2) is 186 Å². The molecule has 0 saturated carbocycles. The zero-order valence-electron chi connectivity index (χ0n) is 41.6. The van der Waals surface area contributed by atoms with Crippen molar-refractivity contribution in [3.63, 3.8) is 0 Å². The van der Waals surface area contributed by atoms with Crippen molar-refractivity contribution in [3.05, 3.63) is 221 Å². The molecule has 0 saturated heterocycles. The summed E-state index contributed by atoms with van der Waals surface area (Å²) in [6.07, 6.45) is 13.7. The largest absolute Gasteiger partial charge is 0.456 e. The van der Waals surface area contributed by atoms with Crippen LogP contribution in [-0.4, -0.2) is 13.7 Å². The van der Waals surface area contributed by atoms with Gasteiger partial charge in [0, 0.05) is 60.8 Å². The molecule has 4 aromatic heterocycles. The second kappa shape index (κ2) is 18.0.